The summed E-state index contributed by atoms with van der Waals surface area (Å²) in [4.78, 5) is -0.107. The minimum absolute atomic E-state index is 0.107. The maximum absolute atomic E-state index is 11.2. The van der Waals surface area contributed by atoms with Crippen molar-refractivity contribution in [3.05, 3.63) is 48.0 Å². The highest BCUT2D eigenvalue weighted by Gasteiger charge is 2.12. The minimum atomic E-state index is -4.19. The molecule has 0 aliphatic heterocycles. The van der Waals surface area contributed by atoms with Gasteiger partial charge in [-0.05, 0) is 47.9 Å². The van der Waals surface area contributed by atoms with E-state index in [1.54, 1.807) is 25.3 Å². The van der Waals surface area contributed by atoms with E-state index in [1.165, 1.54) is 12.1 Å². The maximum Gasteiger partial charge on any atom is 0.294 e. The van der Waals surface area contributed by atoms with Gasteiger partial charge < -0.3 is 4.74 Å². The first-order chi connectivity index (χ1) is 8.91. The highest BCUT2D eigenvalue weighted by Crippen LogP contribution is 2.27. The van der Waals surface area contributed by atoms with Crippen molar-refractivity contribution in [1.82, 2.24) is 0 Å². The molecule has 0 heterocycles. The van der Waals surface area contributed by atoms with Crippen LogP contribution in [0.4, 0.5) is 0 Å². The van der Waals surface area contributed by atoms with E-state index in [2.05, 4.69) is 0 Å². The molecule has 2 aromatic carbocycles. The molecule has 0 saturated carbocycles. The Bertz CT molecular complexity index is 688. The standard InChI is InChI=1S/C14H14O4S/c1-10-3-8-13(19(15,16)17)9-14(10)11-4-6-12(18-2)7-5-11/h3-9H,1-2H3,(H,15,16,17). The lowest BCUT2D eigenvalue weighted by Gasteiger charge is -2.08. The fourth-order valence-corrected chi connectivity index (χ4v) is 2.35. The second-order valence-electron chi connectivity index (χ2n) is 4.18. The number of methoxy groups -OCH3 is 1. The molecule has 0 bridgehead atoms. The number of aryl methyl sites for hydroxylation is 1. The van der Waals surface area contributed by atoms with Crippen LogP contribution in [0.25, 0.3) is 11.1 Å². The van der Waals surface area contributed by atoms with Crippen molar-refractivity contribution >= 4 is 10.1 Å². The van der Waals surface area contributed by atoms with Crippen molar-refractivity contribution in [3.8, 4) is 16.9 Å². The summed E-state index contributed by atoms with van der Waals surface area (Å²) >= 11 is 0. The van der Waals surface area contributed by atoms with Gasteiger partial charge in [0.2, 0.25) is 0 Å². The van der Waals surface area contributed by atoms with Crippen molar-refractivity contribution in [2.75, 3.05) is 7.11 Å². The van der Waals surface area contributed by atoms with Gasteiger partial charge in [-0.1, -0.05) is 18.2 Å². The number of rotatable bonds is 3. The first-order valence-electron chi connectivity index (χ1n) is 5.64. The molecule has 0 aliphatic carbocycles. The van der Waals surface area contributed by atoms with Crippen molar-refractivity contribution in [2.24, 2.45) is 0 Å². The summed E-state index contributed by atoms with van der Waals surface area (Å²) in [6, 6.07) is 11.8. The zero-order chi connectivity index (χ0) is 14.0. The fourth-order valence-electron chi connectivity index (χ4n) is 1.84. The van der Waals surface area contributed by atoms with Gasteiger partial charge in [0.05, 0.1) is 12.0 Å². The van der Waals surface area contributed by atoms with Gasteiger partial charge in [-0.25, -0.2) is 0 Å². The second-order valence-corrected chi connectivity index (χ2v) is 5.60. The lowest BCUT2D eigenvalue weighted by molar-refractivity contribution is 0.415. The molecule has 0 amide bonds. The first-order valence-corrected chi connectivity index (χ1v) is 7.08. The molecule has 2 aromatic rings. The van der Waals surface area contributed by atoms with Gasteiger partial charge in [0.1, 0.15) is 5.75 Å². The topological polar surface area (TPSA) is 63.6 Å². The summed E-state index contributed by atoms with van der Waals surface area (Å²) in [5, 5.41) is 0. The molecule has 0 fully saturated rings. The molecule has 1 N–H and O–H groups in total. The molecule has 0 saturated heterocycles. The van der Waals surface area contributed by atoms with Crippen LogP contribution in [0.2, 0.25) is 0 Å². The minimum Gasteiger partial charge on any atom is -0.497 e. The van der Waals surface area contributed by atoms with Crippen molar-refractivity contribution < 1.29 is 17.7 Å². The van der Waals surface area contributed by atoms with Crippen molar-refractivity contribution in [2.45, 2.75) is 11.8 Å². The molecular weight excluding hydrogens is 264 g/mol. The molecule has 2 rings (SSSR count). The molecule has 0 aromatic heterocycles. The molecule has 100 valence electrons. The Morgan fingerprint density at radius 1 is 1.05 bits per heavy atom. The summed E-state index contributed by atoms with van der Waals surface area (Å²) in [6.07, 6.45) is 0. The third-order valence-corrected chi connectivity index (χ3v) is 3.76. The predicted molar refractivity (Wildman–Crippen MR) is 73.0 cm³/mol. The van der Waals surface area contributed by atoms with Gasteiger partial charge in [0.25, 0.3) is 10.1 Å². The lowest BCUT2D eigenvalue weighted by atomic mass is 10.0. The highest BCUT2D eigenvalue weighted by molar-refractivity contribution is 7.85. The second kappa shape index (κ2) is 5.03. The Morgan fingerprint density at radius 3 is 2.21 bits per heavy atom. The molecule has 0 atom stereocenters. The molecule has 0 unspecified atom stereocenters. The number of ether oxygens (including phenoxy) is 1. The van der Waals surface area contributed by atoms with E-state index in [4.69, 9.17) is 9.29 Å². The largest absolute Gasteiger partial charge is 0.497 e. The average Bonchev–Trinajstić information content (AvgIpc) is 2.38. The summed E-state index contributed by atoms with van der Waals surface area (Å²) < 4.78 is 36.5. The molecule has 0 aliphatic rings. The van der Waals surface area contributed by atoms with Crippen LogP contribution in [0.3, 0.4) is 0 Å². The Hall–Kier alpha value is -1.85. The Balaban J connectivity index is 2.54. The van der Waals surface area contributed by atoms with Crippen molar-refractivity contribution in [3.63, 3.8) is 0 Å². The molecule has 19 heavy (non-hydrogen) atoms. The van der Waals surface area contributed by atoms with Gasteiger partial charge in [-0.2, -0.15) is 8.42 Å². The number of hydrogen-bond donors (Lipinski definition) is 1. The summed E-state index contributed by atoms with van der Waals surface area (Å²) in [5.74, 6) is 0.729. The van der Waals surface area contributed by atoms with E-state index < -0.39 is 10.1 Å². The quantitative estimate of drug-likeness (QED) is 0.877. The zero-order valence-corrected chi connectivity index (χ0v) is 11.4. The zero-order valence-electron chi connectivity index (χ0n) is 10.6. The third kappa shape index (κ3) is 2.94. The third-order valence-electron chi connectivity index (χ3n) is 2.91. The predicted octanol–water partition coefficient (Wildman–Crippen LogP) is 2.92. The van der Waals surface area contributed by atoms with Gasteiger partial charge in [0, 0.05) is 0 Å². The van der Waals surface area contributed by atoms with Gasteiger partial charge >= 0.3 is 0 Å². The van der Waals surface area contributed by atoms with Gasteiger partial charge in [0.15, 0.2) is 0 Å². The van der Waals surface area contributed by atoms with Crippen LogP contribution in [-0.4, -0.2) is 20.1 Å². The van der Waals surface area contributed by atoms with E-state index in [0.717, 1.165) is 22.4 Å². The van der Waals surface area contributed by atoms with E-state index >= 15 is 0 Å². The number of hydrogen-bond acceptors (Lipinski definition) is 3. The van der Waals surface area contributed by atoms with E-state index in [9.17, 15) is 8.42 Å². The van der Waals surface area contributed by atoms with E-state index in [1.807, 2.05) is 19.1 Å². The molecule has 4 nitrogen and oxygen atoms in total. The molecular formula is C14H14O4S. The van der Waals surface area contributed by atoms with Gasteiger partial charge in [-0.15, -0.1) is 0 Å². The van der Waals surface area contributed by atoms with Crippen LogP contribution in [0.1, 0.15) is 5.56 Å². The maximum atomic E-state index is 11.2. The Labute approximate surface area is 112 Å². The van der Waals surface area contributed by atoms with Crippen LogP contribution in [-0.2, 0) is 10.1 Å². The van der Waals surface area contributed by atoms with Crippen LogP contribution in [0.5, 0.6) is 5.75 Å². The van der Waals surface area contributed by atoms with Gasteiger partial charge in [-0.3, -0.25) is 4.55 Å². The average molecular weight is 278 g/mol. The molecule has 0 spiro atoms. The summed E-state index contributed by atoms with van der Waals surface area (Å²) in [6.45, 7) is 1.88. The Kier molecular flexibility index (Phi) is 3.59. The SMILES string of the molecule is COc1ccc(-c2cc(S(=O)(=O)O)ccc2C)cc1. The smallest absolute Gasteiger partial charge is 0.294 e. The first kappa shape index (κ1) is 13.6. The molecule has 5 heteroatoms. The van der Waals surface area contributed by atoms with Crippen LogP contribution in [0, 0.1) is 6.92 Å². The summed E-state index contributed by atoms with van der Waals surface area (Å²) in [7, 11) is -2.61. The fraction of sp³-hybridized carbons (Fsp3) is 0.143. The normalized spacial score (nSPS) is 11.3. The lowest BCUT2D eigenvalue weighted by Crippen LogP contribution is -1.98. The highest BCUT2D eigenvalue weighted by atomic mass is 32.2. The van der Waals surface area contributed by atoms with Crippen LogP contribution in [0.15, 0.2) is 47.4 Å². The van der Waals surface area contributed by atoms with E-state index in [0.29, 0.717) is 0 Å². The summed E-state index contributed by atoms with van der Waals surface area (Å²) in [5.41, 5.74) is 2.55. The van der Waals surface area contributed by atoms with Crippen molar-refractivity contribution in [1.29, 1.82) is 0 Å². The number of benzene rings is 2. The van der Waals surface area contributed by atoms with E-state index in [-0.39, 0.29) is 4.90 Å². The van der Waals surface area contributed by atoms with Crippen LogP contribution >= 0.6 is 0 Å². The monoisotopic (exact) mass is 278 g/mol. The molecule has 0 radical (unpaired) electrons. The van der Waals surface area contributed by atoms with Crippen LogP contribution < -0.4 is 4.74 Å². The Morgan fingerprint density at radius 2 is 1.68 bits per heavy atom.